The van der Waals surface area contributed by atoms with Crippen LogP contribution in [-0.4, -0.2) is 75.1 Å². The third-order valence-corrected chi connectivity index (χ3v) is 9.13. The number of carbonyl (C=O) groups is 2. The van der Waals surface area contributed by atoms with Crippen LogP contribution in [-0.2, 0) is 0 Å². The predicted octanol–water partition coefficient (Wildman–Crippen LogP) is 5.23. The molecule has 276 valence electrons. The fraction of sp³-hybridized carbons (Fsp3) is 0.179. The highest BCUT2D eigenvalue weighted by atomic mass is 16.5. The fourth-order valence-corrected chi connectivity index (χ4v) is 6.25. The van der Waals surface area contributed by atoms with Gasteiger partial charge in [-0.2, -0.15) is 0 Å². The van der Waals surface area contributed by atoms with Crippen LogP contribution in [0.1, 0.15) is 33.0 Å². The van der Waals surface area contributed by atoms with Gasteiger partial charge in [0, 0.05) is 37.1 Å². The predicted molar refractivity (Wildman–Crippen MR) is 208 cm³/mol. The Morgan fingerprint density at radius 1 is 0.764 bits per heavy atom. The summed E-state index contributed by atoms with van der Waals surface area (Å²) < 4.78 is 12.4. The van der Waals surface area contributed by atoms with Crippen LogP contribution < -0.4 is 41.2 Å². The summed E-state index contributed by atoms with van der Waals surface area (Å²) in [6.07, 6.45) is 10.2. The maximum atomic E-state index is 14.3. The molecular formula is C39H36N12O4. The number of amides is 2. The molecule has 2 amide bonds. The molecule has 5 N–H and O–H groups in total. The van der Waals surface area contributed by atoms with E-state index in [2.05, 4.69) is 36.0 Å². The molecule has 0 fully saturated rings. The number of pyridine rings is 2. The van der Waals surface area contributed by atoms with Crippen LogP contribution in [0.3, 0.4) is 0 Å². The standard InChI is InChI=1S/C39H36N12O4/c1-23-7-8-25-18-33(23)55-15-4-13-50(2)31-9-11-41-19-29(31)47-39(53)35-37(44-22-28(25)46-35)49-51-14-16-54-26-6-3-5-24(17-26)27-21-43-36(40)34(45-27)38(52)48-30-20-42-12-10-32(30)51/h3,5-12,17-22H,4,13-16H2,1-2H3,(H2,40,43)(H,44,49)(H,47,53)(H,48,52). The minimum Gasteiger partial charge on any atom is -0.493 e. The molecule has 16 heteroatoms. The average Bonchev–Trinajstić information content (AvgIpc) is 3.20. The lowest BCUT2D eigenvalue weighted by molar-refractivity contribution is 0.101. The SMILES string of the molecule is Cc1ccc2cc1OCCCN(C)c1ccncc1NC(=O)c1nc-2cnc1NN1CCOc2cccc(c2)-c2cnc(N)c(n2)C(=O)Nc2cnccc21. The van der Waals surface area contributed by atoms with Crippen molar-refractivity contribution in [1.82, 2.24) is 29.9 Å². The van der Waals surface area contributed by atoms with Gasteiger partial charge < -0.3 is 30.7 Å². The highest BCUT2D eigenvalue weighted by Gasteiger charge is 2.24. The Morgan fingerprint density at radius 3 is 2.29 bits per heavy atom. The number of nitrogens with two attached hydrogens (primary N) is 1. The largest absolute Gasteiger partial charge is 0.493 e. The van der Waals surface area contributed by atoms with Gasteiger partial charge in [-0.3, -0.25) is 30.0 Å². The maximum absolute atomic E-state index is 14.3. The van der Waals surface area contributed by atoms with Gasteiger partial charge >= 0.3 is 0 Å². The van der Waals surface area contributed by atoms with Crippen molar-refractivity contribution in [3.05, 3.63) is 109 Å². The van der Waals surface area contributed by atoms with E-state index >= 15 is 0 Å². The summed E-state index contributed by atoms with van der Waals surface area (Å²) >= 11 is 0. The molecule has 0 saturated heterocycles. The Hall–Kier alpha value is -7.36. The Balaban J connectivity index is 1.21. The summed E-state index contributed by atoms with van der Waals surface area (Å²) in [6.45, 7) is 3.54. The molecule has 2 aliphatic rings. The number of rotatable bonds is 2. The Labute approximate surface area is 315 Å². The third kappa shape index (κ3) is 7.33. The third-order valence-electron chi connectivity index (χ3n) is 9.13. The molecule has 6 heterocycles. The van der Waals surface area contributed by atoms with Gasteiger partial charge in [0.2, 0.25) is 0 Å². The second-order valence-corrected chi connectivity index (χ2v) is 12.9. The maximum Gasteiger partial charge on any atom is 0.278 e. The minimum absolute atomic E-state index is 0.000370. The van der Waals surface area contributed by atoms with Crippen molar-refractivity contribution in [2.45, 2.75) is 13.3 Å². The number of ether oxygens (including phenoxy) is 2. The molecule has 0 aliphatic carbocycles. The quantitative estimate of drug-likeness (QED) is 0.180. The van der Waals surface area contributed by atoms with Gasteiger partial charge in [0.15, 0.2) is 23.0 Å². The monoisotopic (exact) mass is 736 g/mol. The smallest absolute Gasteiger partial charge is 0.278 e. The van der Waals surface area contributed by atoms with Gasteiger partial charge in [-0.05, 0) is 49.2 Å². The molecule has 0 atom stereocenters. The van der Waals surface area contributed by atoms with Crippen molar-refractivity contribution in [3.8, 4) is 34.0 Å². The van der Waals surface area contributed by atoms with E-state index in [0.717, 1.165) is 29.0 Å². The normalized spacial score (nSPS) is 14.3. The van der Waals surface area contributed by atoms with Gasteiger partial charge in [0.1, 0.15) is 18.1 Å². The molecule has 2 aromatic carbocycles. The number of aromatic nitrogens is 6. The lowest BCUT2D eigenvalue weighted by Gasteiger charge is -2.28. The van der Waals surface area contributed by atoms with Gasteiger partial charge in [-0.25, -0.2) is 19.9 Å². The van der Waals surface area contributed by atoms with Crippen LogP contribution in [0.5, 0.6) is 11.5 Å². The van der Waals surface area contributed by atoms with Crippen molar-refractivity contribution in [1.29, 1.82) is 0 Å². The van der Waals surface area contributed by atoms with Crippen molar-refractivity contribution in [2.24, 2.45) is 0 Å². The molecule has 8 rings (SSSR count). The van der Waals surface area contributed by atoms with Crippen molar-refractivity contribution < 1.29 is 19.1 Å². The Morgan fingerprint density at radius 2 is 1.47 bits per heavy atom. The molecule has 55 heavy (non-hydrogen) atoms. The first-order valence-corrected chi connectivity index (χ1v) is 17.5. The van der Waals surface area contributed by atoms with Crippen LogP contribution in [0, 0.1) is 6.92 Å². The number of nitrogens with one attached hydrogen (secondary N) is 3. The van der Waals surface area contributed by atoms with Crippen molar-refractivity contribution >= 4 is 46.2 Å². The van der Waals surface area contributed by atoms with Crippen molar-refractivity contribution in [2.75, 3.05) is 65.1 Å². The number of nitrogens with zero attached hydrogens (tertiary/aromatic N) is 8. The lowest BCUT2D eigenvalue weighted by atomic mass is 10.1. The Kier molecular flexibility index (Phi) is 9.43. The highest BCUT2D eigenvalue weighted by molar-refractivity contribution is 6.09. The molecule has 0 unspecified atom stereocenters. The molecule has 4 aromatic heterocycles. The first kappa shape index (κ1) is 34.7. The number of nitrogen functional groups attached to an aromatic ring is 1. The van der Waals surface area contributed by atoms with E-state index in [1.54, 1.807) is 35.9 Å². The second kappa shape index (κ2) is 14.9. The summed E-state index contributed by atoms with van der Waals surface area (Å²) in [5.41, 5.74) is 14.8. The second-order valence-electron chi connectivity index (χ2n) is 12.9. The molecule has 0 spiro atoms. The first-order chi connectivity index (χ1) is 26.8. The summed E-state index contributed by atoms with van der Waals surface area (Å²) in [7, 11) is 1.95. The summed E-state index contributed by atoms with van der Waals surface area (Å²) in [5.74, 6) is 0.276. The zero-order chi connectivity index (χ0) is 37.9. The van der Waals surface area contributed by atoms with E-state index < -0.39 is 11.8 Å². The zero-order valence-electron chi connectivity index (χ0n) is 30.0. The van der Waals surface area contributed by atoms with Crippen LogP contribution in [0.15, 0.2) is 91.8 Å². The minimum atomic E-state index is -0.586. The Bertz CT molecular complexity index is 2430. The number of hydrogen-bond acceptors (Lipinski definition) is 14. The van der Waals surface area contributed by atoms with E-state index in [1.807, 2.05) is 67.4 Å². The van der Waals surface area contributed by atoms with Gasteiger partial charge in [-0.15, -0.1) is 0 Å². The number of hydrazine groups is 1. The number of aryl methyl sites for hydroxylation is 1. The number of anilines is 6. The average molecular weight is 737 g/mol. The van der Waals surface area contributed by atoms with E-state index in [4.69, 9.17) is 25.2 Å². The summed E-state index contributed by atoms with van der Waals surface area (Å²) in [4.78, 5) is 57.0. The highest BCUT2D eigenvalue weighted by Crippen LogP contribution is 2.32. The van der Waals surface area contributed by atoms with E-state index in [9.17, 15) is 9.59 Å². The van der Waals surface area contributed by atoms with Crippen LogP contribution in [0.25, 0.3) is 22.5 Å². The van der Waals surface area contributed by atoms with Crippen LogP contribution >= 0.6 is 0 Å². The molecule has 2 aliphatic heterocycles. The molecular weight excluding hydrogens is 701 g/mol. The molecule has 0 radical (unpaired) electrons. The zero-order valence-corrected chi connectivity index (χ0v) is 30.0. The molecule has 8 bridgehead atoms. The van der Waals surface area contributed by atoms with Gasteiger partial charge in [-0.1, -0.05) is 24.3 Å². The molecule has 16 nitrogen and oxygen atoms in total. The summed E-state index contributed by atoms with van der Waals surface area (Å²) in [5, 5.41) is 7.60. The van der Waals surface area contributed by atoms with E-state index in [0.29, 0.717) is 52.9 Å². The topological polar surface area (TPSA) is 199 Å². The number of fused-ring (bicyclic) bond motifs is 12. The fourth-order valence-electron chi connectivity index (χ4n) is 6.25. The molecule has 0 saturated carbocycles. The van der Waals surface area contributed by atoms with E-state index in [-0.39, 0.29) is 36.2 Å². The van der Waals surface area contributed by atoms with Crippen LogP contribution in [0.2, 0.25) is 0 Å². The lowest BCUT2D eigenvalue weighted by Crippen LogP contribution is -2.36. The number of benzene rings is 2. The summed E-state index contributed by atoms with van der Waals surface area (Å²) in [6, 6.07) is 16.6. The van der Waals surface area contributed by atoms with E-state index in [1.165, 1.54) is 12.4 Å². The van der Waals surface area contributed by atoms with Crippen molar-refractivity contribution in [3.63, 3.8) is 0 Å². The number of carbonyl (C=O) groups excluding carboxylic acids is 2. The van der Waals surface area contributed by atoms with Crippen LogP contribution in [0.4, 0.5) is 34.4 Å². The first-order valence-electron chi connectivity index (χ1n) is 17.5. The molecule has 6 aromatic rings. The number of hydrogen-bond donors (Lipinski definition) is 4. The van der Waals surface area contributed by atoms with Gasteiger partial charge in [0.05, 0.1) is 72.1 Å². The van der Waals surface area contributed by atoms with Gasteiger partial charge in [0.25, 0.3) is 11.8 Å².